The minimum atomic E-state index is -0.485. The maximum absolute atomic E-state index is 14.2. The van der Waals surface area contributed by atoms with E-state index in [-0.39, 0.29) is 11.8 Å². The molecule has 1 aliphatic rings. The predicted molar refractivity (Wildman–Crippen MR) is 147 cm³/mol. The number of hydrogen-bond donors (Lipinski definition) is 3. The maximum atomic E-state index is 14.2. The second-order valence-corrected chi connectivity index (χ2v) is 8.31. The summed E-state index contributed by atoms with van der Waals surface area (Å²) in [5, 5.41) is 15.0. The van der Waals surface area contributed by atoms with Crippen LogP contribution < -0.4 is 15.6 Å². The first-order valence-electron chi connectivity index (χ1n) is 11.6. The first kappa shape index (κ1) is 25.9. The van der Waals surface area contributed by atoms with Gasteiger partial charge in [0, 0.05) is 30.0 Å². The third-order valence-electron chi connectivity index (χ3n) is 5.27. The van der Waals surface area contributed by atoms with E-state index in [2.05, 4.69) is 30.8 Å². The topological polar surface area (TPSA) is 111 Å². The van der Waals surface area contributed by atoms with Crippen molar-refractivity contribution in [3.8, 4) is 0 Å². The highest BCUT2D eigenvalue weighted by atomic mass is 35.5. The van der Waals surface area contributed by atoms with E-state index in [0.29, 0.717) is 37.0 Å². The van der Waals surface area contributed by atoms with Crippen molar-refractivity contribution in [1.82, 2.24) is 15.0 Å². The highest BCUT2D eigenvalue weighted by Gasteiger charge is 2.17. The van der Waals surface area contributed by atoms with E-state index in [1.165, 1.54) is 12.4 Å². The molecule has 2 aromatic heterocycles. The van der Waals surface area contributed by atoms with Crippen LogP contribution in [0.2, 0.25) is 5.02 Å². The lowest BCUT2D eigenvalue weighted by Crippen LogP contribution is -2.37. The molecule has 0 unspecified atom stereocenters. The van der Waals surface area contributed by atoms with Gasteiger partial charge in [0.25, 0.3) is 0 Å². The quantitative estimate of drug-likeness (QED) is 0.246. The second-order valence-electron chi connectivity index (χ2n) is 7.90. The molecule has 9 nitrogen and oxygen atoms in total. The molecule has 1 aliphatic heterocycles. The van der Waals surface area contributed by atoms with Gasteiger partial charge in [-0.05, 0) is 42.3 Å². The van der Waals surface area contributed by atoms with Crippen LogP contribution in [0.5, 0.6) is 0 Å². The molecule has 3 aromatic rings. The molecule has 0 amide bonds. The number of pyridine rings is 1. The Kier molecular flexibility index (Phi) is 9.28. The van der Waals surface area contributed by atoms with Gasteiger partial charge in [-0.1, -0.05) is 35.9 Å². The van der Waals surface area contributed by atoms with Crippen molar-refractivity contribution in [3.63, 3.8) is 0 Å². The number of nitrogens with zero attached hydrogens (tertiary/aromatic N) is 5. The van der Waals surface area contributed by atoms with E-state index in [1.54, 1.807) is 18.3 Å². The summed E-state index contributed by atoms with van der Waals surface area (Å²) in [5.74, 6) is -0.0680. The number of nitrogens with one attached hydrogen (secondary N) is 3. The van der Waals surface area contributed by atoms with Crippen LogP contribution in [0.1, 0.15) is 17.7 Å². The molecule has 3 heterocycles. The van der Waals surface area contributed by atoms with E-state index < -0.39 is 5.82 Å². The smallest absolute Gasteiger partial charge is 0.245 e. The lowest BCUT2D eigenvalue weighted by Gasteiger charge is -2.27. The average molecular weight is 521 g/mol. The minimum absolute atomic E-state index is 0.190. The van der Waals surface area contributed by atoms with Crippen molar-refractivity contribution in [2.45, 2.75) is 6.42 Å². The standard InChI is InChI=1S/C26H26ClFN8O/c27-23-15-20(7-6-19(23)5-3-1-2-4-10-29)33-22-9-8-21(30-16-22)17-32-35-26-31-18-24(28)25(34-26)36-11-13-37-14-12-36/h2-10,15-18,29,33H,1,11-14H2,(H,31,34,35)/b4-2?,5-3+,29-10?,32-17+. The lowest BCUT2D eigenvalue weighted by atomic mass is 10.1. The van der Waals surface area contributed by atoms with Gasteiger partial charge in [0.2, 0.25) is 5.95 Å². The Balaban J connectivity index is 1.32. The van der Waals surface area contributed by atoms with E-state index in [1.807, 2.05) is 47.4 Å². The van der Waals surface area contributed by atoms with Gasteiger partial charge in [0.1, 0.15) is 0 Å². The molecule has 1 fully saturated rings. The van der Waals surface area contributed by atoms with Crippen molar-refractivity contribution in [2.75, 3.05) is 41.9 Å². The van der Waals surface area contributed by atoms with Crippen LogP contribution in [0.25, 0.3) is 6.08 Å². The van der Waals surface area contributed by atoms with E-state index >= 15 is 0 Å². The summed E-state index contributed by atoms with van der Waals surface area (Å²) in [4.78, 5) is 14.4. The minimum Gasteiger partial charge on any atom is -0.378 e. The third kappa shape index (κ3) is 7.66. The molecule has 0 spiro atoms. The molecule has 1 saturated heterocycles. The molecule has 1 aromatic carbocycles. The van der Waals surface area contributed by atoms with Crippen molar-refractivity contribution < 1.29 is 9.13 Å². The van der Waals surface area contributed by atoms with Crippen LogP contribution >= 0.6 is 11.6 Å². The van der Waals surface area contributed by atoms with Crippen LogP contribution in [0.3, 0.4) is 0 Å². The fourth-order valence-corrected chi connectivity index (χ4v) is 3.69. The van der Waals surface area contributed by atoms with E-state index in [4.69, 9.17) is 21.7 Å². The van der Waals surface area contributed by atoms with Gasteiger partial charge in [-0.25, -0.2) is 14.8 Å². The highest BCUT2D eigenvalue weighted by molar-refractivity contribution is 6.32. The molecule has 0 radical (unpaired) electrons. The Hall–Kier alpha value is -4.15. The zero-order valence-corrected chi connectivity index (χ0v) is 20.7. The Bertz CT molecular complexity index is 1290. The number of allylic oxidation sites excluding steroid dienone is 3. The van der Waals surface area contributed by atoms with Crippen LogP contribution in [-0.4, -0.2) is 53.7 Å². The fraction of sp³-hybridized carbons (Fsp3) is 0.192. The molecule has 0 saturated carbocycles. The summed E-state index contributed by atoms with van der Waals surface area (Å²) in [6.45, 7) is 2.20. The first-order chi connectivity index (χ1) is 18.1. The number of benzene rings is 1. The summed E-state index contributed by atoms with van der Waals surface area (Å²) >= 11 is 6.41. The second kappa shape index (κ2) is 13.2. The lowest BCUT2D eigenvalue weighted by molar-refractivity contribution is 0.122. The summed E-state index contributed by atoms with van der Waals surface area (Å²) in [7, 11) is 0. The number of hydrazone groups is 1. The van der Waals surface area contributed by atoms with Crippen molar-refractivity contribution in [3.05, 3.63) is 83.1 Å². The van der Waals surface area contributed by atoms with Crippen LogP contribution in [0.4, 0.5) is 27.5 Å². The zero-order chi connectivity index (χ0) is 25.9. The maximum Gasteiger partial charge on any atom is 0.245 e. The van der Waals surface area contributed by atoms with Gasteiger partial charge in [0.15, 0.2) is 11.6 Å². The van der Waals surface area contributed by atoms with Crippen molar-refractivity contribution in [2.24, 2.45) is 5.10 Å². The number of rotatable bonds is 10. The summed E-state index contributed by atoms with van der Waals surface area (Å²) in [5.41, 5.74) is 5.87. The fourth-order valence-electron chi connectivity index (χ4n) is 3.45. The number of ether oxygens (including phenoxy) is 1. The van der Waals surface area contributed by atoms with Gasteiger partial charge < -0.3 is 20.4 Å². The van der Waals surface area contributed by atoms with Gasteiger partial charge in [-0.3, -0.25) is 4.98 Å². The number of halogens is 2. The SMILES string of the molecule is N=CC=CC/C=C/c1ccc(Nc2ccc(/C=N/Nc3ncc(F)c(N4CCOCC4)n3)nc2)cc1Cl. The number of hydrogen-bond acceptors (Lipinski definition) is 9. The summed E-state index contributed by atoms with van der Waals surface area (Å²) < 4.78 is 19.5. The molecule has 4 rings (SSSR count). The normalized spacial score (nSPS) is 14.1. The third-order valence-corrected chi connectivity index (χ3v) is 5.60. The van der Waals surface area contributed by atoms with E-state index in [9.17, 15) is 4.39 Å². The molecule has 0 aliphatic carbocycles. The van der Waals surface area contributed by atoms with Gasteiger partial charge >= 0.3 is 0 Å². The first-order valence-corrected chi connectivity index (χ1v) is 12.0. The van der Waals surface area contributed by atoms with Gasteiger partial charge in [-0.2, -0.15) is 10.1 Å². The Morgan fingerprint density at radius 3 is 2.70 bits per heavy atom. The Morgan fingerprint density at radius 2 is 1.95 bits per heavy atom. The van der Waals surface area contributed by atoms with Gasteiger partial charge in [-0.15, -0.1) is 0 Å². The van der Waals surface area contributed by atoms with Crippen LogP contribution in [-0.2, 0) is 4.74 Å². The Labute approximate surface area is 219 Å². The summed E-state index contributed by atoms with van der Waals surface area (Å²) in [6.07, 6.45) is 13.8. The average Bonchev–Trinajstić information content (AvgIpc) is 2.92. The number of anilines is 4. The monoisotopic (exact) mass is 520 g/mol. The summed E-state index contributed by atoms with van der Waals surface area (Å²) in [6, 6.07) is 9.40. The Morgan fingerprint density at radius 1 is 1.11 bits per heavy atom. The number of aromatic nitrogens is 3. The molecule has 190 valence electrons. The predicted octanol–water partition coefficient (Wildman–Crippen LogP) is 5.30. The van der Waals surface area contributed by atoms with Gasteiger partial charge in [0.05, 0.1) is 43.2 Å². The molecular weight excluding hydrogens is 495 g/mol. The van der Waals surface area contributed by atoms with E-state index in [0.717, 1.165) is 29.6 Å². The number of morpholine rings is 1. The highest BCUT2D eigenvalue weighted by Crippen LogP contribution is 2.25. The molecule has 0 atom stereocenters. The molecule has 3 N–H and O–H groups in total. The molecular formula is C26H26ClFN8O. The molecule has 11 heteroatoms. The van der Waals surface area contributed by atoms with Crippen LogP contribution in [0, 0.1) is 11.2 Å². The molecule has 37 heavy (non-hydrogen) atoms. The largest absolute Gasteiger partial charge is 0.378 e. The van der Waals surface area contributed by atoms with Crippen molar-refractivity contribution >= 4 is 53.2 Å². The van der Waals surface area contributed by atoms with Crippen LogP contribution in [0.15, 0.2) is 66.1 Å². The zero-order valence-electron chi connectivity index (χ0n) is 19.9. The molecule has 0 bridgehead atoms. The van der Waals surface area contributed by atoms with Crippen molar-refractivity contribution in [1.29, 1.82) is 5.41 Å².